The molecule has 1 amide bonds. The average Bonchev–Trinajstić information content (AvgIpc) is 3.56. The fraction of sp³-hybridized carbons (Fsp3) is 0.682. The molecular weight excluding hydrogens is 340 g/mol. The molecule has 2 aliphatic heterocycles. The molecule has 2 saturated heterocycles. The van der Waals surface area contributed by atoms with Gasteiger partial charge >= 0.3 is 6.09 Å². The lowest BCUT2D eigenvalue weighted by atomic mass is 9.94. The Morgan fingerprint density at radius 3 is 2.52 bits per heavy atom. The van der Waals surface area contributed by atoms with Gasteiger partial charge in [0.05, 0.1) is 12.7 Å². The Bertz CT molecular complexity index is 597. The van der Waals surface area contributed by atoms with Crippen molar-refractivity contribution in [3.05, 3.63) is 35.9 Å². The van der Waals surface area contributed by atoms with Gasteiger partial charge in [0.25, 0.3) is 0 Å². The van der Waals surface area contributed by atoms with Crippen LogP contribution in [0, 0.1) is 5.92 Å². The molecule has 0 N–H and O–H groups in total. The maximum Gasteiger partial charge on any atom is 0.410 e. The van der Waals surface area contributed by atoms with Gasteiger partial charge in [-0.05, 0) is 56.6 Å². The van der Waals surface area contributed by atoms with Gasteiger partial charge in [-0.15, -0.1) is 0 Å². The van der Waals surface area contributed by atoms with Crippen molar-refractivity contribution in [3.63, 3.8) is 0 Å². The summed E-state index contributed by atoms with van der Waals surface area (Å²) in [6.07, 6.45) is 7.58. The third-order valence-corrected chi connectivity index (χ3v) is 6.09. The Morgan fingerprint density at radius 2 is 1.78 bits per heavy atom. The van der Waals surface area contributed by atoms with E-state index in [2.05, 4.69) is 4.90 Å². The lowest BCUT2D eigenvalue weighted by Gasteiger charge is -2.42. The predicted octanol–water partition coefficient (Wildman–Crippen LogP) is 3.68. The summed E-state index contributed by atoms with van der Waals surface area (Å²) in [6.45, 7) is 5.26. The first kappa shape index (κ1) is 18.8. The second-order valence-electron chi connectivity index (χ2n) is 8.29. The summed E-state index contributed by atoms with van der Waals surface area (Å²) < 4.78 is 11.4. The first-order valence-electron chi connectivity index (χ1n) is 10.6. The highest BCUT2D eigenvalue weighted by atomic mass is 16.6. The minimum atomic E-state index is -0.174. The molecule has 3 fully saturated rings. The van der Waals surface area contributed by atoms with Gasteiger partial charge in [0.1, 0.15) is 6.61 Å². The maximum atomic E-state index is 12.3. The van der Waals surface area contributed by atoms with E-state index in [1.807, 2.05) is 35.2 Å². The smallest absolute Gasteiger partial charge is 0.410 e. The quantitative estimate of drug-likeness (QED) is 0.764. The molecule has 0 spiro atoms. The molecule has 1 aliphatic carbocycles. The summed E-state index contributed by atoms with van der Waals surface area (Å²) in [4.78, 5) is 16.9. The van der Waals surface area contributed by atoms with Crippen LogP contribution in [0.3, 0.4) is 0 Å². The van der Waals surface area contributed by atoms with Gasteiger partial charge in [-0.1, -0.05) is 30.3 Å². The molecule has 0 radical (unpaired) electrons. The van der Waals surface area contributed by atoms with Gasteiger partial charge in [0.2, 0.25) is 0 Å². The predicted molar refractivity (Wildman–Crippen MR) is 104 cm³/mol. The van der Waals surface area contributed by atoms with E-state index in [1.165, 1.54) is 32.2 Å². The zero-order chi connectivity index (χ0) is 18.5. The molecule has 3 aliphatic rings. The van der Waals surface area contributed by atoms with E-state index in [4.69, 9.17) is 9.47 Å². The zero-order valence-electron chi connectivity index (χ0n) is 16.2. The number of benzene rings is 1. The molecule has 0 bridgehead atoms. The van der Waals surface area contributed by atoms with Crippen LogP contribution in [0.2, 0.25) is 0 Å². The van der Waals surface area contributed by atoms with Crippen molar-refractivity contribution in [2.45, 2.75) is 57.3 Å². The van der Waals surface area contributed by atoms with Crippen molar-refractivity contribution in [3.8, 4) is 0 Å². The minimum Gasteiger partial charge on any atom is -0.445 e. The van der Waals surface area contributed by atoms with Crippen molar-refractivity contribution >= 4 is 6.09 Å². The van der Waals surface area contributed by atoms with Crippen molar-refractivity contribution < 1.29 is 14.3 Å². The van der Waals surface area contributed by atoms with Crippen molar-refractivity contribution in [2.75, 3.05) is 32.8 Å². The van der Waals surface area contributed by atoms with Crippen LogP contribution in [-0.4, -0.2) is 60.8 Å². The van der Waals surface area contributed by atoms with Crippen LogP contribution < -0.4 is 0 Å². The Hall–Kier alpha value is -1.59. The van der Waals surface area contributed by atoms with Crippen LogP contribution in [0.4, 0.5) is 4.79 Å². The fourth-order valence-corrected chi connectivity index (χ4v) is 4.30. The van der Waals surface area contributed by atoms with Crippen LogP contribution in [0.1, 0.15) is 44.1 Å². The monoisotopic (exact) mass is 372 g/mol. The number of likely N-dealkylation sites (tertiary alicyclic amines) is 2. The fourth-order valence-electron chi connectivity index (χ4n) is 4.30. The van der Waals surface area contributed by atoms with Gasteiger partial charge in [-0.3, -0.25) is 4.90 Å². The Kier molecular flexibility index (Phi) is 6.30. The topological polar surface area (TPSA) is 42.0 Å². The largest absolute Gasteiger partial charge is 0.445 e. The maximum absolute atomic E-state index is 12.3. The van der Waals surface area contributed by atoms with E-state index in [1.54, 1.807) is 0 Å². The summed E-state index contributed by atoms with van der Waals surface area (Å²) in [5.41, 5.74) is 1.04. The van der Waals surface area contributed by atoms with Crippen LogP contribution in [0.25, 0.3) is 0 Å². The first-order chi connectivity index (χ1) is 13.3. The summed E-state index contributed by atoms with van der Waals surface area (Å²) in [5.74, 6) is 0.688. The number of amides is 1. The second-order valence-corrected chi connectivity index (χ2v) is 8.29. The Labute approximate surface area is 162 Å². The second kappa shape index (κ2) is 9.07. The molecule has 1 aromatic carbocycles. The van der Waals surface area contributed by atoms with Gasteiger partial charge in [-0.25, -0.2) is 4.79 Å². The van der Waals surface area contributed by atoms with Gasteiger partial charge in [0.15, 0.2) is 0 Å². The third kappa shape index (κ3) is 5.45. The summed E-state index contributed by atoms with van der Waals surface area (Å²) >= 11 is 0. The number of hydrogen-bond donors (Lipinski definition) is 0. The SMILES string of the molecule is O=C(OCc1ccccc1)N1CCC(N2CCCC(COC3CC3)C2)CC1. The van der Waals surface area contributed by atoms with E-state index in [0.29, 0.717) is 24.7 Å². The normalized spacial score (nSPS) is 24.7. The summed E-state index contributed by atoms with van der Waals surface area (Å²) in [6, 6.07) is 10.5. The highest BCUT2D eigenvalue weighted by Crippen LogP contribution is 2.28. The number of nitrogens with zero attached hydrogens (tertiary/aromatic N) is 2. The first-order valence-corrected chi connectivity index (χ1v) is 10.6. The zero-order valence-corrected chi connectivity index (χ0v) is 16.2. The lowest BCUT2D eigenvalue weighted by molar-refractivity contribution is 0.0221. The van der Waals surface area contributed by atoms with Gasteiger partial charge < -0.3 is 14.4 Å². The molecule has 5 heteroatoms. The minimum absolute atomic E-state index is 0.174. The highest BCUT2D eigenvalue weighted by Gasteiger charge is 2.31. The molecule has 148 valence electrons. The molecule has 1 atom stereocenters. The molecule has 1 unspecified atom stereocenters. The molecule has 27 heavy (non-hydrogen) atoms. The molecule has 0 aromatic heterocycles. The van der Waals surface area contributed by atoms with Crippen LogP contribution in [0.15, 0.2) is 30.3 Å². The summed E-state index contributed by atoms with van der Waals surface area (Å²) in [5, 5.41) is 0. The number of carbonyl (C=O) groups is 1. The molecule has 1 saturated carbocycles. The third-order valence-electron chi connectivity index (χ3n) is 6.09. The highest BCUT2D eigenvalue weighted by molar-refractivity contribution is 5.67. The number of hydrogen-bond acceptors (Lipinski definition) is 4. The number of carbonyl (C=O) groups excluding carboxylic acids is 1. The molecule has 5 nitrogen and oxygen atoms in total. The van der Waals surface area contributed by atoms with Crippen molar-refractivity contribution in [2.24, 2.45) is 5.92 Å². The van der Waals surface area contributed by atoms with Gasteiger partial charge in [0, 0.05) is 25.7 Å². The van der Waals surface area contributed by atoms with E-state index in [-0.39, 0.29) is 6.09 Å². The van der Waals surface area contributed by atoms with Crippen molar-refractivity contribution in [1.82, 2.24) is 9.80 Å². The summed E-state index contributed by atoms with van der Waals surface area (Å²) in [7, 11) is 0. The van der Waals surface area contributed by atoms with E-state index >= 15 is 0 Å². The standard InChI is InChI=1S/C22H32N2O3/c25-22(27-16-18-5-2-1-3-6-18)23-13-10-20(11-14-23)24-12-4-7-19(15-24)17-26-21-8-9-21/h1-3,5-6,19-21H,4,7-17H2. The lowest BCUT2D eigenvalue weighted by Crippen LogP contribution is -2.50. The van der Waals surface area contributed by atoms with Crippen molar-refractivity contribution in [1.29, 1.82) is 0 Å². The number of ether oxygens (including phenoxy) is 2. The average molecular weight is 373 g/mol. The molecular formula is C22H32N2O3. The van der Waals surface area contributed by atoms with Gasteiger partial charge in [-0.2, -0.15) is 0 Å². The van der Waals surface area contributed by atoms with Crippen LogP contribution >= 0.6 is 0 Å². The van der Waals surface area contributed by atoms with E-state index in [9.17, 15) is 4.79 Å². The Morgan fingerprint density at radius 1 is 1.00 bits per heavy atom. The Balaban J connectivity index is 1.18. The number of rotatable bonds is 6. The van der Waals surface area contributed by atoms with Crippen LogP contribution in [-0.2, 0) is 16.1 Å². The molecule has 1 aromatic rings. The van der Waals surface area contributed by atoms with Crippen LogP contribution in [0.5, 0.6) is 0 Å². The number of piperidine rings is 2. The molecule has 4 rings (SSSR count). The van der Waals surface area contributed by atoms with E-state index < -0.39 is 0 Å². The molecule has 2 heterocycles. The van der Waals surface area contributed by atoms with E-state index in [0.717, 1.165) is 44.6 Å².